The molecular weight excluding hydrogens is 494 g/mol. The molecule has 0 N–H and O–H groups in total. The second kappa shape index (κ2) is 6.10. The van der Waals surface area contributed by atoms with Crippen molar-refractivity contribution >= 4 is 15.9 Å². The van der Waals surface area contributed by atoms with Crippen molar-refractivity contribution in [1.29, 1.82) is 0 Å². The monoisotopic (exact) mass is 517 g/mol. The van der Waals surface area contributed by atoms with Gasteiger partial charge in [0.2, 0.25) is 0 Å². The molecule has 3 aromatic carbocycles. The third kappa shape index (κ3) is 2.10. The van der Waals surface area contributed by atoms with Gasteiger partial charge in [0.15, 0.2) is 17.5 Å². The lowest BCUT2D eigenvalue weighted by molar-refractivity contribution is -0.135. The Kier molecular flexibility index (Phi) is 3.37. The first kappa shape index (κ1) is 19.4. The number of nitrogens with zero attached hydrogens (tertiary/aromatic N) is 3. The predicted molar refractivity (Wildman–Crippen MR) is 139 cm³/mol. The molecule has 0 amide bonds. The van der Waals surface area contributed by atoms with Crippen LogP contribution in [-0.4, -0.2) is 15.0 Å². The molecule has 1 aromatic heterocycles. The lowest BCUT2D eigenvalue weighted by Gasteiger charge is -2.64. The largest absolute Gasteiger partial charge is 0.208 e. The molecule has 0 bridgehead atoms. The molecule has 35 heavy (non-hydrogen) atoms. The van der Waals surface area contributed by atoms with Crippen molar-refractivity contribution in [3.8, 4) is 34.2 Å². The fourth-order valence-corrected chi connectivity index (χ4v) is 10.1. The molecule has 0 radical (unpaired) electrons. The fraction of sp³-hybridized carbons (Fsp3) is 0.323. The van der Waals surface area contributed by atoms with E-state index in [-0.39, 0.29) is 0 Å². The molecule has 1 heterocycles. The van der Waals surface area contributed by atoms with Crippen molar-refractivity contribution in [3.05, 3.63) is 88.9 Å². The van der Waals surface area contributed by atoms with Gasteiger partial charge in [-0.25, -0.2) is 15.0 Å². The molecule has 5 unspecified atom stereocenters. The van der Waals surface area contributed by atoms with Crippen LogP contribution in [-0.2, 0) is 5.41 Å². The molecule has 0 aliphatic heterocycles. The molecule has 0 saturated heterocycles. The molecule has 5 aliphatic carbocycles. The van der Waals surface area contributed by atoms with Gasteiger partial charge in [0.05, 0.1) is 0 Å². The average Bonchev–Trinajstić information content (AvgIpc) is 3.26. The van der Waals surface area contributed by atoms with E-state index >= 15 is 0 Å². The van der Waals surface area contributed by atoms with Crippen LogP contribution in [0.15, 0.2) is 83.3 Å². The Bertz CT molecular complexity index is 1550. The van der Waals surface area contributed by atoms with E-state index in [0.29, 0.717) is 17.1 Å². The second-order valence-corrected chi connectivity index (χ2v) is 12.6. The first-order valence-electron chi connectivity index (χ1n) is 12.8. The van der Waals surface area contributed by atoms with Gasteiger partial charge in [-0.15, -0.1) is 0 Å². The molecular formula is C31H24BrN3. The zero-order chi connectivity index (χ0) is 23.0. The van der Waals surface area contributed by atoms with E-state index in [4.69, 9.17) is 15.0 Å². The van der Waals surface area contributed by atoms with E-state index < -0.39 is 0 Å². The predicted octanol–water partition coefficient (Wildman–Crippen LogP) is 7.32. The summed E-state index contributed by atoms with van der Waals surface area (Å²) in [6.45, 7) is 0. The van der Waals surface area contributed by atoms with Crippen molar-refractivity contribution < 1.29 is 0 Å². The van der Waals surface area contributed by atoms with Crippen molar-refractivity contribution in [1.82, 2.24) is 15.0 Å². The Labute approximate surface area is 213 Å². The van der Waals surface area contributed by atoms with Crippen LogP contribution in [0.4, 0.5) is 0 Å². The second-order valence-electron chi connectivity index (χ2n) is 11.7. The molecule has 6 atom stereocenters. The van der Waals surface area contributed by atoms with Crippen molar-refractivity contribution in [3.63, 3.8) is 0 Å². The Morgan fingerprint density at radius 2 is 1.34 bits per heavy atom. The number of halogens is 1. The van der Waals surface area contributed by atoms with E-state index in [1.54, 1.807) is 12.0 Å². The van der Waals surface area contributed by atoms with Crippen LogP contribution >= 0.6 is 15.9 Å². The summed E-state index contributed by atoms with van der Waals surface area (Å²) in [7, 11) is 0. The highest BCUT2D eigenvalue weighted by molar-refractivity contribution is 9.10. The van der Waals surface area contributed by atoms with Crippen molar-refractivity contribution in [2.75, 3.05) is 0 Å². The summed E-state index contributed by atoms with van der Waals surface area (Å²) in [5, 5.41) is 0. The molecule has 4 heteroatoms. The molecule has 5 saturated carbocycles. The van der Waals surface area contributed by atoms with Gasteiger partial charge in [-0.2, -0.15) is 0 Å². The molecule has 5 aliphatic rings. The standard InChI is InChI=1S/C31H24BrN3/c32-24-8-4-7-20(13-24)27-34-25(18-5-2-1-3-6-18)33-26(35-27)19-9-11-21(12-10-19)29-15-22-14-23-16-30(17-29)28(29)31(22,23)30/h1-13,22-23,28H,14-17H2/t22?,23?,28?,29?,30-,31?/m1/s1. The van der Waals surface area contributed by atoms with Gasteiger partial charge in [0.25, 0.3) is 0 Å². The summed E-state index contributed by atoms with van der Waals surface area (Å²) in [5.74, 6) is 5.26. The first-order chi connectivity index (χ1) is 17.1. The van der Waals surface area contributed by atoms with Gasteiger partial charge in [-0.05, 0) is 72.0 Å². The summed E-state index contributed by atoms with van der Waals surface area (Å²) in [6, 6.07) is 27.6. The van der Waals surface area contributed by atoms with Gasteiger partial charge >= 0.3 is 0 Å². The van der Waals surface area contributed by atoms with Gasteiger partial charge in [-0.3, -0.25) is 0 Å². The van der Waals surface area contributed by atoms with Crippen molar-refractivity contribution in [2.24, 2.45) is 28.6 Å². The molecule has 170 valence electrons. The van der Waals surface area contributed by atoms with Crippen LogP contribution in [0, 0.1) is 28.6 Å². The minimum atomic E-state index is 0.476. The lowest BCUT2D eigenvalue weighted by Crippen LogP contribution is -2.58. The van der Waals surface area contributed by atoms with Gasteiger partial charge in [0.1, 0.15) is 0 Å². The van der Waals surface area contributed by atoms with E-state index in [1.807, 2.05) is 30.3 Å². The summed E-state index contributed by atoms with van der Waals surface area (Å²) in [6.07, 6.45) is 5.95. The summed E-state index contributed by atoms with van der Waals surface area (Å²) in [4.78, 5) is 14.7. The number of aromatic nitrogens is 3. The molecule has 4 aromatic rings. The first-order valence-corrected chi connectivity index (χ1v) is 13.6. The number of benzene rings is 3. The molecule has 5 fully saturated rings. The quantitative estimate of drug-likeness (QED) is 0.284. The zero-order valence-corrected chi connectivity index (χ0v) is 20.9. The van der Waals surface area contributed by atoms with E-state index in [2.05, 4.69) is 64.5 Å². The SMILES string of the molecule is Brc1cccc(-c2nc(-c3ccccc3)nc(-c3ccc(C45CC6CC7C[C@@]8(C4)C5C678)cc3)n2)c1. The Balaban J connectivity index is 1.12. The third-order valence-electron chi connectivity index (χ3n) is 10.6. The fourth-order valence-electron chi connectivity index (χ4n) is 9.74. The van der Waals surface area contributed by atoms with Crippen LogP contribution in [0.2, 0.25) is 0 Å². The maximum Gasteiger partial charge on any atom is 0.164 e. The number of hydrogen-bond donors (Lipinski definition) is 0. The van der Waals surface area contributed by atoms with Crippen LogP contribution in [0.1, 0.15) is 31.2 Å². The van der Waals surface area contributed by atoms with Crippen LogP contribution < -0.4 is 0 Å². The highest BCUT2D eigenvalue weighted by Crippen LogP contribution is 3.08. The van der Waals surface area contributed by atoms with Gasteiger partial charge in [0, 0.05) is 26.6 Å². The maximum absolute atomic E-state index is 4.93. The highest BCUT2D eigenvalue weighted by atomic mass is 79.9. The van der Waals surface area contributed by atoms with E-state index in [9.17, 15) is 0 Å². The van der Waals surface area contributed by atoms with Crippen LogP contribution in [0.3, 0.4) is 0 Å². The van der Waals surface area contributed by atoms with Crippen LogP contribution in [0.5, 0.6) is 0 Å². The normalized spacial score (nSPS) is 36.3. The number of rotatable bonds is 4. The lowest BCUT2D eigenvalue weighted by atomic mass is 9.40. The van der Waals surface area contributed by atoms with Gasteiger partial charge < -0.3 is 0 Å². The highest BCUT2D eigenvalue weighted by Gasteiger charge is 3.04. The molecule has 2 spiro atoms. The van der Waals surface area contributed by atoms with Crippen molar-refractivity contribution in [2.45, 2.75) is 31.1 Å². The van der Waals surface area contributed by atoms with E-state index in [1.165, 1.54) is 19.3 Å². The molecule has 9 rings (SSSR count). The van der Waals surface area contributed by atoms with E-state index in [0.717, 1.165) is 55.6 Å². The Morgan fingerprint density at radius 3 is 2.00 bits per heavy atom. The van der Waals surface area contributed by atoms with Crippen LogP contribution in [0.25, 0.3) is 34.2 Å². The molecule has 3 nitrogen and oxygen atoms in total. The minimum Gasteiger partial charge on any atom is -0.208 e. The smallest absolute Gasteiger partial charge is 0.164 e. The van der Waals surface area contributed by atoms with Gasteiger partial charge in [-0.1, -0.05) is 82.7 Å². The average molecular weight is 518 g/mol. The minimum absolute atomic E-state index is 0.476. The summed E-state index contributed by atoms with van der Waals surface area (Å²) < 4.78 is 1.02. The maximum atomic E-state index is 4.93. The third-order valence-corrected chi connectivity index (χ3v) is 11.1. The summed E-state index contributed by atoms with van der Waals surface area (Å²) in [5.41, 5.74) is 6.68. The Hall–Kier alpha value is -2.85. The number of hydrogen-bond acceptors (Lipinski definition) is 3. The Morgan fingerprint density at radius 1 is 0.686 bits per heavy atom. The topological polar surface area (TPSA) is 38.7 Å². The summed E-state index contributed by atoms with van der Waals surface area (Å²) >= 11 is 3.59. The zero-order valence-electron chi connectivity index (χ0n) is 19.3.